The van der Waals surface area contributed by atoms with Gasteiger partial charge in [-0.3, -0.25) is 10.1 Å². The van der Waals surface area contributed by atoms with Crippen molar-refractivity contribution in [1.82, 2.24) is 10.3 Å². The van der Waals surface area contributed by atoms with Crippen LogP contribution in [0.3, 0.4) is 0 Å². The summed E-state index contributed by atoms with van der Waals surface area (Å²) in [5.74, 6) is 0.433. The smallest absolute Gasteiger partial charge is 0.287 e. The first-order chi connectivity index (χ1) is 8.25. The number of ether oxygens (including phenoxy) is 1. The van der Waals surface area contributed by atoms with Crippen molar-refractivity contribution in [2.75, 3.05) is 13.2 Å². The number of aromatic nitrogens is 1. The third-order valence-corrected chi connectivity index (χ3v) is 2.78. The molecule has 1 saturated heterocycles. The van der Waals surface area contributed by atoms with Gasteiger partial charge in [-0.1, -0.05) is 6.42 Å². The second-order valence-electron chi connectivity index (χ2n) is 4.07. The lowest BCUT2D eigenvalue weighted by Crippen LogP contribution is -2.38. The topological polar surface area (TPSA) is 77.3 Å². The van der Waals surface area contributed by atoms with E-state index in [1.165, 1.54) is 31.2 Å². The molecular weight excluding hydrogens is 258 g/mol. The van der Waals surface area contributed by atoms with Crippen molar-refractivity contribution in [1.29, 1.82) is 0 Å². The van der Waals surface area contributed by atoms with Gasteiger partial charge in [0.2, 0.25) is 5.88 Å². The minimum Gasteiger partial charge on any atom is -0.476 e. The van der Waals surface area contributed by atoms with Crippen LogP contribution in [0.25, 0.3) is 0 Å². The van der Waals surface area contributed by atoms with E-state index in [1.54, 1.807) is 0 Å². The molecule has 1 aromatic heterocycles. The maximum absolute atomic E-state index is 10.4. The number of hydrogen-bond donors (Lipinski definition) is 1. The Kier molecular flexibility index (Phi) is 5.80. The van der Waals surface area contributed by atoms with Gasteiger partial charge in [-0.15, -0.1) is 12.4 Å². The molecule has 0 saturated carbocycles. The number of piperidine rings is 1. The molecule has 2 heterocycles. The highest BCUT2D eigenvalue weighted by Gasteiger charge is 2.13. The van der Waals surface area contributed by atoms with Gasteiger partial charge in [-0.25, -0.2) is 4.98 Å². The lowest BCUT2D eigenvalue weighted by atomic mass is 10.1. The third kappa shape index (κ3) is 4.12. The van der Waals surface area contributed by atoms with Gasteiger partial charge in [0.15, 0.2) is 0 Å². The van der Waals surface area contributed by atoms with Crippen LogP contribution in [0.15, 0.2) is 18.3 Å². The fourth-order valence-electron chi connectivity index (χ4n) is 1.82. The minimum atomic E-state index is -0.473. The van der Waals surface area contributed by atoms with Gasteiger partial charge < -0.3 is 10.1 Å². The third-order valence-electron chi connectivity index (χ3n) is 2.78. The lowest BCUT2D eigenvalue weighted by Gasteiger charge is -2.23. The van der Waals surface area contributed by atoms with Gasteiger partial charge in [0.25, 0.3) is 5.69 Å². The highest BCUT2D eigenvalue weighted by atomic mass is 35.5. The van der Waals surface area contributed by atoms with Crippen LogP contribution in [0.2, 0.25) is 0 Å². The molecule has 0 radical (unpaired) electrons. The summed E-state index contributed by atoms with van der Waals surface area (Å²) < 4.78 is 5.48. The van der Waals surface area contributed by atoms with E-state index in [-0.39, 0.29) is 18.1 Å². The molecule has 0 amide bonds. The number of nitrogens with one attached hydrogen (secondary N) is 1. The van der Waals surface area contributed by atoms with Crippen LogP contribution in [-0.4, -0.2) is 29.1 Å². The van der Waals surface area contributed by atoms with Crippen LogP contribution >= 0.6 is 12.4 Å². The summed E-state index contributed by atoms with van der Waals surface area (Å²) in [6, 6.07) is 3.29. The van der Waals surface area contributed by atoms with Crippen LogP contribution < -0.4 is 10.1 Å². The molecule has 6 nitrogen and oxygen atoms in total. The Balaban J connectivity index is 0.00000162. The van der Waals surface area contributed by atoms with E-state index in [1.807, 2.05) is 0 Å². The van der Waals surface area contributed by atoms with Crippen molar-refractivity contribution >= 4 is 18.1 Å². The largest absolute Gasteiger partial charge is 0.476 e. The highest BCUT2D eigenvalue weighted by Crippen LogP contribution is 2.14. The molecule has 1 atom stereocenters. The Morgan fingerprint density at radius 2 is 2.33 bits per heavy atom. The maximum atomic E-state index is 10.4. The second kappa shape index (κ2) is 7.13. The van der Waals surface area contributed by atoms with E-state index >= 15 is 0 Å². The van der Waals surface area contributed by atoms with Gasteiger partial charge in [0.1, 0.15) is 12.8 Å². The summed E-state index contributed by atoms with van der Waals surface area (Å²) in [5.41, 5.74) is -0.0202. The van der Waals surface area contributed by atoms with Crippen molar-refractivity contribution in [3.63, 3.8) is 0 Å². The van der Waals surface area contributed by atoms with Gasteiger partial charge >= 0.3 is 0 Å². The molecule has 0 aliphatic carbocycles. The number of hydrogen-bond acceptors (Lipinski definition) is 5. The van der Waals surface area contributed by atoms with Crippen LogP contribution in [0, 0.1) is 10.1 Å². The summed E-state index contributed by atoms with van der Waals surface area (Å²) in [6.07, 6.45) is 4.75. The van der Waals surface area contributed by atoms with Crippen molar-refractivity contribution in [2.45, 2.75) is 25.3 Å². The average Bonchev–Trinajstić information content (AvgIpc) is 2.38. The zero-order chi connectivity index (χ0) is 12.1. The number of rotatable bonds is 4. The van der Waals surface area contributed by atoms with E-state index < -0.39 is 4.92 Å². The molecule has 100 valence electrons. The Bertz CT molecular complexity index is 380. The number of halogens is 1. The number of nitro groups is 1. The van der Waals surface area contributed by atoms with Crippen molar-refractivity contribution in [3.8, 4) is 5.88 Å². The first-order valence-electron chi connectivity index (χ1n) is 5.72. The summed E-state index contributed by atoms with van der Waals surface area (Å²) in [7, 11) is 0. The summed E-state index contributed by atoms with van der Waals surface area (Å²) in [6.45, 7) is 1.59. The van der Waals surface area contributed by atoms with E-state index in [9.17, 15) is 10.1 Å². The average molecular weight is 274 g/mol. The Morgan fingerprint density at radius 1 is 1.50 bits per heavy atom. The molecule has 0 bridgehead atoms. The zero-order valence-corrected chi connectivity index (χ0v) is 10.7. The van der Waals surface area contributed by atoms with E-state index in [0.717, 1.165) is 13.0 Å². The quantitative estimate of drug-likeness (QED) is 0.670. The SMILES string of the molecule is Cl.O=[N+]([O-])c1ccc(OCC2CCCCN2)nc1. The molecule has 1 aliphatic heterocycles. The molecule has 1 unspecified atom stereocenters. The molecular formula is C11H16ClN3O3. The van der Waals surface area contributed by atoms with Crippen molar-refractivity contribution in [2.24, 2.45) is 0 Å². The van der Waals surface area contributed by atoms with E-state index in [2.05, 4.69) is 10.3 Å². The lowest BCUT2D eigenvalue weighted by molar-refractivity contribution is -0.385. The van der Waals surface area contributed by atoms with E-state index in [0.29, 0.717) is 18.5 Å². The number of pyridine rings is 1. The zero-order valence-electron chi connectivity index (χ0n) is 9.87. The highest BCUT2D eigenvalue weighted by molar-refractivity contribution is 5.85. The van der Waals surface area contributed by atoms with Crippen LogP contribution in [0.4, 0.5) is 5.69 Å². The van der Waals surface area contributed by atoms with Gasteiger partial charge in [0, 0.05) is 18.2 Å². The Labute approximate surface area is 111 Å². The standard InChI is InChI=1S/C11H15N3O3.ClH/c15-14(16)10-4-5-11(13-7-10)17-8-9-3-1-2-6-12-9;/h4-5,7,9,12H,1-3,6,8H2;1H. The minimum absolute atomic E-state index is 0. The molecule has 0 aromatic carbocycles. The molecule has 1 aliphatic rings. The van der Waals surface area contributed by atoms with Gasteiger partial charge in [0.05, 0.1) is 4.92 Å². The predicted molar refractivity (Wildman–Crippen MR) is 69.3 cm³/mol. The fourth-order valence-corrected chi connectivity index (χ4v) is 1.82. The van der Waals surface area contributed by atoms with Crippen LogP contribution in [0.5, 0.6) is 5.88 Å². The molecule has 7 heteroatoms. The van der Waals surface area contributed by atoms with Crippen molar-refractivity contribution in [3.05, 3.63) is 28.4 Å². The van der Waals surface area contributed by atoms with Gasteiger partial charge in [-0.05, 0) is 19.4 Å². The van der Waals surface area contributed by atoms with Crippen LogP contribution in [0.1, 0.15) is 19.3 Å². The molecule has 18 heavy (non-hydrogen) atoms. The summed E-state index contributed by atoms with van der Waals surface area (Å²) >= 11 is 0. The Morgan fingerprint density at radius 3 is 2.89 bits per heavy atom. The van der Waals surface area contributed by atoms with Gasteiger partial charge in [-0.2, -0.15) is 0 Å². The maximum Gasteiger partial charge on any atom is 0.287 e. The van der Waals surface area contributed by atoms with E-state index in [4.69, 9.17) is 4.74 Å². The molecule has 0 spiro atoms. The molecule has 1 N–H and O–H groups in total. The molecule has 1 fully saturated rings. The fraction of sp³-hybridized carbons (Fsp3) is 0.545. The first-order valence-corrected chi connectivity index (χ1v) is 5.72. The normalized spacial score (nSPS) is 18.8. The van der Waals surface area contributed by atoms with Crippen LogP contribution in [-0.2, 0) is 0 Å². The van der Waals surface area contributed by atoms with Crippen molar-refractivity contribution < 1.29 is 9.66 Å². The Hall–Kier alpha value is -1.40. The monoisotopic (exact) mass is 273 g/mol. The molecule has 1 aromatic rings. The predicted octanol–water partition coefficient (Wildman–Crippen LogP) is 1.93. The summed E-state index contributed by atoms with van der Waals surface area (Å²) in [4.78, 5) is 13.9. The molecule has 2 rings (SSSR count). The summed E-state index contributed by atoms with van der Waals surface area (Å²) in [5, 5.41) is 13.8. The first kappa shape index (κ1) is 14.7. The second-order valence-corrected chi connectivity index (χ2v) is 4.07. The number of nitrogens with zero attached hydrogens (tertiary/aromatic N) is 2.